The van der Waals surface area contributed by atoms with Gasteiger partial charge in [0.05, 0.1) is 5.92 Å². The van der Waals surface area contributed by atoms with Crippen molar-refractivity contribution in [3.8, 4) is 0 Å². The molecule has 1 saturated carbocycles. The maximum atomic E-state index is 12.3. The number of aliphatic carboxylic acids is 1. The Bertz CT molecular complexity index is 823. The predicted octanol–water partition coefficient (Wildman–Crippen LogP) is 3.82. The quantitative estimate of drug-likeness (QED) is 0.705. The van der Waals surface area contributed by atoms with Gasteiger partial charge in [0.15, 0.2) is 0 Å². The highest BCUT2D eigenvalue weighted by Gasteiger charge is 2.26. The Kier molecular flexibility index (Phi) is 6.34. The fourth-order valence-corrected chi connectivity index (χ4v) is 3.74. The molecular formula is C21H28N4O3. The van der Waals surface area contributed by atoms with Gasteiger partial charge in [0, 0.05) is 36.6 Å². The number of imidazole rings is 1. The van der Waals surface area contributed by atoms with Gasteiger partial charge < -0.3 is 20.3 Å². The predicted molar refractivity (Wildman–Crippen MR) is 107 cm³/mol. The SMILES string of the molecule is CC(C)c1nccn1Cc1cccc(NC(=O)NC2CCC(C(=O)O)CC2)c1. The molecule has 150 valence electrons. The molecule has 1 aromatic carbocycles. The van der Waals surface area contributed by atoms with Crippen LogP contribution < -0.4 is 10.6 Å². The van der Waals surface area contributed by atoms with E-state index in [4.69, 9.17) is 5.11 Å². The van der Waals surface area contributed by atoms with Crippen LogP contribution in [0.3, 0.4) is 0 Å². The Morgan fingerprint density at radius 3 is 2.68 bits per heavy atom. The van der Waals surface area contributed by atoms with E-state index in [1.165, 1.54) is 0 Å². The number of rotatable bonds is 6. The molecule has 0 radical (unpaired) electrons. The van der Waals surface area contributed by atoms with Gasteiger partial charge in [0.2, 0.25) is 0 Å². The molecule has 28 heavy (non-hydrogen) atoms. The number of nitrogens with one attached hydrogen (secondary N) is 2. The molecule has 0 aliphatic heterocycles. The number of carbonyl (C=O) groups excluding carboxylic acids is 1. The number of amides is 2. The highest BCUT2D eigenvalue weighted by molar-refractivity contribution is 5.89. The average molecular weight is 384 g/mol. The lowest BCUT2D eigenvalue weighted by atomic mass is 9.86. The first-order valence-corrected chi connectivity index (χ1v) is 9.82. The van der Waals surface area contributed by atoms with E-state index in [1.807, 2.05) is 36.7 Å². The number of benzene rings is 1. The van der Waals surface area contributed by atoms with Crippen LogP contribution in [-0.2, 0) is 11.3 Å². The molecule has 2 amide bonds. The molecule has 1 aliphatic rings. The smallest absolute Gasteiger partial charge is 0.319 e. The molecule has 0 atom stereocenters. The first-order valence-electron chi connectivity index (χ1n) is 9.82. The van der Waals surface area contributed by atoms with Crippen LogP contribution in [0.2, 0.25) is 0 Å². The maximum absolute atomic E-state index is 12.3. The largest absolute Gasteiger partial charge is 0.481 e. The molecular weight excluding hydrogens is 356 g/mol. The van der Waals surface area contributed by atoms with Crippen LogP contribution in [0, 0.1) is 5.92 Å². The normalized spacial score (nSPS) is 19.4. The summed E-state index contributed by atoms with van der Waals surface area (Å²) in [5.74, 6) is 0.362. The summed E-state index contributed by atoms with van der Waals surface area (Å²) in [5.41, 5.74) is 1.82. The summed E-state index contributed by atoms with van der Waals surface area (Å²) < 4.78 is 2.12. The van der Waals surface area contributed by atoms with Gasteiger partial charge in [0.25, 0.3) is 0 Å². The zero-order valence-electron chi connectivity index (χ0n) is 16.4. The van der Waals surface area contributed by atoms with E-state index in [0.717, 1.165) is 17.1 Å². The Balaban J connectivity index is 1.55. The van der Waals surface area contributed by atoms with E-state index in [1.54, 1.807) is 0 Å². The minimum absolute atomic E-state index is 0.0262. The molecule has 0 unspecified atom stereocenters. The van der Waals surface area contributed by atoms with Crippen LogP contribution in [0.1, 0.15) is 56.8 Å². The number of carboxylic acids is 1. The zero-order valence-corrected chi connectivity index (χ0v) is 16.4. The van der Waals surface area contributed by atoms with Crippen LogP contribution in [0.5, 0.6) is 0 Å². The number of aromatic nitrogens is 2. The first kappa shape index (κ1) is 19.9. The van der Waals surface area contributed by atoms with Crippen molar-refractivity contribution >= 4 is 17.7 Å². The first-order chi connectivity index (χ1) is 13.4. The van der Waals surface area contributed by atoms with Crippen LogP contribution >= 0.6 is 0 Å². The second kappa shape index (κ2) is 8.91. The van der Waals surface area contributed by atoms with Gasteiger partial charge >= 0.3 is 12.0 Å². The van der Waals surface area contributed by atoms with Gasteiger partial charge in [-0.1, -0.05) is 26.0 Å². The molecule has 0 saturated heterocycles. The van der Waals surface area contributed by atoms with E-state index in [2.05, 4.69) is 34.0 Å². The second-order valence-electron chi connectivity index (χ2n) is 7.75. The summed E-state index contributed by atoms with van der Waals surface area (Å²) in [5, 5.41) is 14.9. The zero-order chi connectivity index (χ0) is 20.1. The van der Waals surface area contributed by atoms with Crippen molar-refractivity contribution < 1.29 is 14.7 Å². The number of hydrogen-bond acceptors (Lipinski definition) is 3. The van der Waals surface area contributed by atoms with E-state index < -0.39 is 5.97 Å². The highest BCUT2D eigenvalue weighted by atomic mass is 16.4. The molecule has 3 rings (SSSR count). The van der Waals surface area contributed by atoms with Gasteiger partial charge in [0.1, 0.15) is 5.82 Å². The lowest BCUT2D eigenvalue weighted by Crippen LogP contribution is -2.41. The summed E-state index contributed by atoms with van der Waals surface area (Å²) in [4.78, 5) is 27.7. The van der Waals surface area contributed by atoms with Gasteiger partial charge in [-0.05, 0) is 43.4 Å². The van der Waals surface area contributed by atoms with Crippen LogP contribution in [-0.4, -0.2) is 32.7 Å². The molecule has 0 bridgehead atoms. The fraction of sp³-hybridized carbons (Fsp3) is 0.476. The van der Waals surface area contributed by atoms with E-state index in [-0.39, 0.29) is 18.0 Å². The molecule has 1 aliphatic carbocycles. The standard InChI is InChI=1S/C21H28N4O3/c1-14(2)19-22-10-11-25(19)13-15-4-3-5-18(12-15)24-21(28)23-17-8-6-16(7-9-17)20(26)27/h3-5,10-12,14,16-17H,6-9,13H2,1-2H3,(H,26,27)(H2,23,24,28). The lowest BCUT2D eigenvalue weighted by Gasteiger charge is -2.26. The highest BCUT2D eigenvalue weighted by Crippen LogP contribution is 2.24. The number of carbonyl (C=O) groups is 2. The Morgan fingerprint density at radius 1 is 1.25 bits per heavy atom. The number of hydrogen-bond donors (Lipinski definition) is 3. The third-order valence-electron chi connectivity index (χ3n) is 5.21. The van der Waals surface area contributed by atoms with E-state index in [9.17, 15) is 9.59 Å². The van der Waals surface area contributed by atoms with Crippen LogP contribution in [0.15, 0.2) is 36.7 Å². The molecule has 2 aromatic rings. The van der Waals surface area contributed by atoms with Crippen molar-refractivity contribution in [1.29, 1.82) is 0 Å². The van der Waals surface area contributed by atoms with E-state index >= 15 is 0 Å². The summed E-state index contributed by atoms with van der Waals surface area (Å²) in [6.07, 6.45) is 6.39. The fourth-order valence-electron chi connectivity index (χ4n) is 3.74. The lowest BCUT2D eigenvalue weighted by molar-refractivity contribution is -0.142. The third kappa shape index (κ3) is 5.12. The Labute approximate surface area is 165 Å². The van der Waals surface area contributed by atoms with Crippen molar-refractivity contribution in [2.24, 2.45) is 5.92 Å². The van der Waals surface area contributed by atoms with Crippen LogP contribution in [0.4, 0.5) is 10.5 Å². The van der Waals surface area contributed by atoms with Gasteiger partial charge in [-0.2, -0.15) is 0 Å². The summed E-state index contributed by atoms with van der Waals surface area (Å²) in [6, 6.07) is 7.56. The van der Waals surface area contributed by atoms with Crippen molar-refractivity contribution in [3.05, 3.63) is 48.0 Å². The number of nitrogens with zero attached hydrogens (tertiary/aromatic N) is 2. The van der Waals surface area contributed by atoms with Crippen LogP contribution in [0.25, 0.3) is 0 Å². The molecule has 1 fully saturated rings. The average Bonchev–Trinajstić information content (AvgIpc) is 3.10. The number of carboxylic acid groups (broad SMARTS) is 1. The third-order valence-corrected chi connectivity index (χ3v) is 5.21. The summed E-state index contributed by atoms with van der Waals surface area (Å²) >= 11 is 0. The Morgan fingerprint density at radius 2 is 2.00 bits per heavy atom. The topological polar surface area (TPSA) is 96.3 Å². The number of anilines is 1. The molecule has 1 heterocycles. The molecule has 0 spiro atoms. The van der Waals surface area contributed by atoms with Gasteiger partial charge in [-0.15, -0.1) is 0 Å². The van der Waals surface area contributed by atoms with Gasteiger partial charge in [-0.25, -0.2) is 9.78 Å². The minimum Gasteiger partial charge on any atom is -0.481 e. The molecule has 1 aromatic heterocycles. The van der Waals surface area contributed by atoms with Crippen molar-refractivity contribution in [2.75, 3.05) is 5.32 Å². The summed E-state index contributed by atoms with van der Waals surface area (Å²) in [7, 11) is 0. The minimum atomic E-state index is -0.738. The molecule has 3 N–H and O–H groups in total. The molecule has 7 heteroatoms. The Hall–Kier alpha value is -2.83. The van der Waals surface area contributed by atoms with Crippen molar-refractivity contribution in [3.63, 3.8) is 0 Å². The van der Waals surface area contributed by atoms with E-state index in [0.29, 0.717) is 38.1 Å². The molecule has 7 nitrogen and oxygen atoms in total. The van der Waals surface area contributed by atoms with Crippen molar-refractivity contribution in [1.82, 2.24) is 14.9 Å². The van der Waals surface area contributed by atoms with Gasteiger partial charge in [-0.3, -0.25) is 4.79 Å². The number of urea groups is 1. The monoisotopic (exact) mass is 384 g/mol. The second-order valence-corrected chi connectivity index (χ2v) is 7.75. The maximum Gasteiger partial charge on any atom is 0.319 e. The van der Waals surface area contributed by atoms with Crippen molar-refractivity contribution in [2.45, 2.75) is 58.0 Å². The summed E-state index contributed by atoms with van der Waals surface area (Å²) in [6.45, 7) is 4.93.